The number of aliphatic hydroxyl groups is 2. The fourth-order valence-corrected chi connectivity index (χ4v) is 3.34. The van der Waals surface area contributed by atoms with E-state index in [0.29, 0.717) is 0 Å². The standard InChI is InChI=1S/C21H21F3N2O6/c1-3-6-12(19(27)28)9-14-17(26(31)32)10-16(11(2)18(14)21(22,23)24)25-15-8-5-4-7-13(15)20(29)30/h4-8,10,19,25,27-28H,3,9H2,1-2H3,(H,29,30). The molecule has 0 saturated carbocycles. The zero-order valence-electron chi connectivity index (χ0n) is 17.1. The molecule has 0 bridgehead atoms. The van der Waals surface area contributed by atoms with Crippen molar-refractivity contribution in [2.75, 3.05) is 5.32 Å². The minimum Gasteiger partial charge on any atom is -0.478 e. The van der Waals surface area contributed by atoms with Gasteiger partial charge in [-0.25, -0.2) is 4.79 Å². The highest BCUT2D eigenvalue weighted by atomic mass is 19.4. The molecule has 2 rings (SSSR count). The van der Waals surface area contributed by atoms with Crippen LogP contribution in [0.25, 0.3) is 0 Å². The van der Waals surface area contributed by atoms with Crippen LogP contribution < -0.4 is 5.32 Å². The Bertz CT molecular complexity index is 1060. The third kappa shape index (κ3) is 5.42. The number of nitro groups is 1. The molecule has 172 valence electrons. The number of nitrogens with zero attached hydrogens (tertiary/aromatic N) is 1. The number of carbonyl (C=O) groups is 1. The zero-order chi connectivity index (χ0) is 24.2. The number of halogens is 3. The normalized spacial score (nSPS) is 12.2. The van der Waals surface area contributed by atoms with Gasteiger partial charge in [-0.15, -0.1) is 0 Å². The van der Waals surface area contributed by atoms with Gasteiger partial charge < -0.3 is 20.6 Å². The third-order valence-corrected chi connectivity index (χ3v) is 4.76. The van der Waals surface area contributed by atoms with Gasteiger partial charge in [0, 0.05) is 23.7 Å². The van der Waals surface area contributed by atoms with Gasteiger partial charge in [0.2, 0.25) is 0 Å². The van der Waals surface area contributed by atoms with Crippen molar-refractivity contribution in [3.05, 3.63) is 74.3 Å². The Balaban J connectivity index is 2.78. The largest absolute Gasteiger partial charge is 0.478 e. The summed E-state index contributed by atoms with van der Waals surface area (Å²) < 4.78 is 42.1. The summed E-state index contributed by atoms with van der Waals surface area (Å²) in [4.78, 5) is 22.1. The molecule has 0 fully saturated rings. The second kappa shape index (κ2) is 9.79. The molecule has 0 aromatic heterocycles. The summed E-state index contributed by atoms with van der Waals surface area (Å²) in [5.74, 6) is -1.33. The van der Waals surface area contributed by atoms with E-state index in [2.05, 4.69) is 5.32 Å². The lowest BCUT2D eigenvalue weighted by atomic mass is 9.92. The fraction of sp³-hybridized carbons (Fsp3) is 0.286. The molecule has 0 spiro atoms. The summed E-state index contributed by atoms with van der Waals surface area (Å²) in [6.07, 6.45) is -6.24. The third-order valence-electron chi connectivity index (χ3n) is 4.76. The van der Waals surface area contributed by atoms with Crippen molar-refractivity contribution < 1.29 is 38.2 Å². The topological polar surface area (TPSA) is 133 Å². The Morgan fingerprint density at radius 2 is 1.88 bits per heavy atom. The van der Waals surface area contributed by atoms with E-state index >= 15 is 0 Å². The molecule has 2 aromatic carbocycles. The molecule has 4 N–H and O–H groups in total. The van der Waals surface area contributed by atoms with Crippen LogP contribution in [0.2, 0.25) is 0 Å². The Kier molecular flexibility index (Phi) is 7.60. The van der Waals surface area contributed by atoms with E-state index in [1.165, 1.54) is 30.3 Å². The average Bonchev–Trinajstić information content (AvgIpc) is 2.68. The van der Waals surface area contributed by atoms with E-state index in [9.17, 15) is 43.4 Å². The summed E-state index contributed by atoms with van der Waals surface area (Å²) in [5.41, 5.74) is -4.10. The predicted molar refractivity (Wildman–Crippen MR) is 110 cm³/mol. The van der Waals surface area contributed by atoms with Gasteiger partial charge in [0.1, 0.15) is 0 Å². The molecule has 0 saturated heterocycles. The molecule has 0 radical (unpaired) electrons. The summed E-state index contributed by atoms with van der Waals surface area (Å²) in [7, 11) is 0. The van der Waals surface area contributed by atoms with Gasteiger partial charge in [-0.3, -0.25) is 10.1 Å². The van der Waals surface area contributed by atoms with E-state index in [0.717, 1.165) is 13.0 Å². The van der Waals surface area contributed by atoms with Gasteiger partial charge in [0.25, 0.3) is 5.69 Å². The van der Waals surface area contributed by atoms with Crippen molar-refractivity contribution in [2.45, 2.75) is 39.2 Å². The molecule has 0 unspecified atom stereocenters. The average molecular weight is 454 g/mol. The number of aromatic carboxylic acids is 1. The molecule has 0 atom stereocenters. The van der Waals surface area contributed by atoms with Gasteiger partial charge >= 0.3 is 12.1 Å². The lowest BCUT2D eigenvalue weighted by Crippen LogP contribution is -2.19. The van der Waals surface area contributed by atoms with Crippen molar-refractivity contribution in [2.24, 2.45) is 0 Å². The molecule has 0 aliphatic heterocycles. The van der Waals surface area contributed by atoms with E-state index < -0.39 is 52.2 Å². The molecule has 11 heteroatoms. The molecule has 0 amide bonds. The number of hydrogen-bond acceptors (Lipinski definition) is 6. The van der Waals surface area contributed by atoms with Crippen LogP contribution in [0.4, 0.5) is 30.2 Å². The van der Waals surface area contributed by atoms with Crippen molar-refractivity contribution in [1.29, 1.82) is 0 Å². The van der Waals surface area contributed by atoms with Crippen LogP contribution in [-0.2, 0) is 12.6 Å². The number of carboxylic acids is 1. The SMILES string of the molecule is CCC=C(Cc1c([N+](=O)[O-])cc(Nc2ccccc2C(=O)O)c(C)c1C(F)(F)F)C(O)O. The van der Waals surface area contributed by atoms with Crippen LogP contribution in [-0.4, -0.2) is 32.5 Å². The van der Waals surface area contributed by atoms with Gasteiger partial charge in [-0.1, -0.05) is 25.1 Å². The van der Waals surface area contributed by atoms with Crippen molar-refractivity contribution in [3.8, 4) is 0 Å². The van der Waals surface area contributed by atoms with Crippen molar-refractivity contribution in [3.63, 3.8) is 0 Å². The van der Waals surface area contributed by atoms with E-state index in [4.69, 9.17) is 0 Å². The number of para-hydroxylation sites is 1. The minimum absolute atomic E-state index is 0.0457. The summed E-state index contributed by atoms with van der Waals surface area (Å²) >= 11 is 0. The quantitative estimate of drug-likeness (QED) is 0.199. The molecule has 0 aliphatic carbocycles. The fourth-order valence-electron chi connectivity index (χ4n) is 3.34. The van der Waals surface area contributed by atoms with Crippen molar-refractivity contribution in [1.82, 2.24) is 0 Å². The number of anilines is 2. The Hall–Kier alpha value is -3.44. The monoisotopic (exact) mass is 454 g/mol. The van der Waals surface area contributed by atoms with Gasteiger partial charge in [0.15, 0.2) is 6.29 Å². The second-order valence-electron chi connectivity index (χ2n) is 6.89. The summed E-state index contributed by atoms with van der Waals surface area (Å²) in [6.45, 7) is 2.72. The van der Waals surface area contributed by atoms with Crippen LogP contribution in [0.1, 0.15) is 40.4 Å². The number of benzene rings is 2. The number of nitrogens with one attached hydrogen (secondary N) is 1. The van der Waals surface area contributed by atoms with Gasteiger partial charge in [0.05, 0.1) is 21.7 Å². The summed E-state index contributed by atoms with van der Waals surface area (Å²) in [5, 5.41) is 42.5. The first-order chi connectivity index (χ1) is 14.9. The van der Waals surface area contributed by atoms with Gasteiger partial charge in [-0.2, -0.15) is 13.2 Å². The maximum Gasteiger partial charge on any atom is 0.417 e. The minimum atomic E-state index is -5.01. The number of hydrogen-bond donors (Lipinski definition) is 4. The Labute approximate surface area is 180 Å². The molecule has 0 aliphatic rings. The Morgan fingerprint density at radius 3 is 2.38 bits per heavy atom. The smallest absolute Gasteiger partial charge is 0.417 e. The van der Waals surface area contributed by atoms with E-state index in [1.807, 2.05) is 0 Å². The first-order valence-electron chi connectivity index (χ1n) is 9.40. The number of aliphatic hydroxyl groups excluding tert-OH is 1. The van der Waals surface area contributed by atoms with Crippen LogP contribution in [0.5, 0.6) is 0 Å². The van der Waals surface area contributed by atoms with Crippen LogP contribution >= 0.6 is 0 Å². The summed E-state index contributed by atoms with van der Waals surface area (Å²) in [6, 6.07) is 6.32. The number of nitro benzene ring substituents is 1. The molecule has 8 nitrogen and oxygen atoms in total. The maximum atomic E-state index is 14.0. The molecule has 0 heterocycles. The molecule has 32 heavy (non-hydrogen) atoms. The van der Waals surface area contributed by atoms with Crippen LogP contribution in [0, 0.1) is 17.0 Å². The van der Waals surface area contributed by atoms with Gasteiger partial charge in [-0.05, 0) is 36.6 Å². The Morgan fingerprint density at radius 1 is 1.25 bits per heavy atom. The number of carboxylic acid groups (broad SMARTS) is 1. The predicted octanol–water partition coefficient (Wildman–Crippen LogP) is 4.55. The number of rotatable bonds is 8. The highest BCUT2D eigenvalue weighted by Gasteiger charge is 2.40. The van der Waals surface area contributed by atoms with E-state index in [-0.39, 0.29) is 28.9 Å². The molecule has 2 aromatic rings. The highest BCUT2D eigenvalue weighted by molar-refractivity contribution is 5.95. The number of alkyl halides is 3. The molecular weight excluding hydrogens is 433 g/mol. The zero-order valence-corrected chi connectivity index (χ0v) is 17.1. The lowest BCUT2D eigenvalue weighted by molar-refractivity contribution is -0.385. The van der Waals surface area contributed by atoms with E-state index in [1.54, 1.807) is 6.92 Å². The van der Waals surface area contributed by atoms with Crippen molar-refractivity contribution >= 4 is 23.0 Å². The van der Waals surface area contributed by atoms with Crippen LogP contribution in [0.3, 0.4) is 0 Å². The second-order valence-corrected chi connectivity index (χ2v) is 6.89. The first kappa shape index (κ1) is 24.8. The maximum absolute atomic E-state index is 14.0. The molecular formula is C21H21F3N2O6. The number of allylic oxidation sites excluding steroid dienone is 1. The first-order valence-corrected chi connectivity index (χ1v) is 9.40. The lowest BCUT2D eigenvalue weighted by Gasteiger charge is -2.21. The highest BCUT2D eigenvalue weighted by Crippen LogP contribution is 2.43. The van der Waals surface area contributed by atoms with Crippen LogP contribution in [0.15, 0.2) is 42.0 Å².